The van der Waals surface area contributed by atoms with Crippen LogP contribution in [0.4, 0.5) is 0 Å². The number of sulfonamides is 1. The second-order valence-electron chi connectivity index (χ2n) is 5.05. The number of thiophene rings is 1. The second kappa shape index (κ2) is 7.16. The Morgan fingerprint density at radius 1 is 1.29 bits per heavy atom. The van der Waals surface area contributed by atoms with Gasteiger partial charge in [-0.1, -0.05) is 12.1 Å². The van der Waals surface area contributed by atoms with Gasteiger partial charge in [-0.05, 0) is 29.6 Å². The number of rotatable bonds is 7. The fourth-order valence-electron chi connectivity index (χ4n) is 2.31. The molecule has 24 heavy (non-hydrogen) atoms. The third-order valence-corrected chi connectivity index (χ3v) is 5.93. The van der Waals surface area contributed by atoms with E-state index in [0.717, 1.165) is 4.88 Å². The van der Waals surface area contributed by atoms with Gasteiger partial charge >= 0.3 is 0 Å². The van der Waals surface area contributed by atoms with Crippen LogP contribution in [-0.2, 0) is 10.0 Å². The molecule has 0 bridgehead atoms. The van der Waals surface area contributed by atoms with E-state index >= 15 is 0 Å². The van der Waals surface area contributed by atoms with Gasteiger partial charge in [-0.25, -0.2) is 13.1 Å². The molecule has 1 atom stereocenters. The molecule has 0 fully saturated rings. The average molecular weight is 363 g/mol. The third kappa shape index (κ3) is 3.66. The van der Waals surface area contributed by atoms with Crippen molar-refractivity contribution in [3.05, 3.63) is 65.1 Å². The Morgan fingerprint density at radius 2 is 2.17 bits per heavy atom. The molecule has 3 rings (SSSR count). The maximum absolute atomic E-state index is 12.6. The molecule has 1 N–H and O–H groups in total. The molecule has 6 nitrogen and oxygen atoms in total. The number of aromatic nitrogens is 2. The van der Waals surface area contributed by atoms with E-state index in [1.165, 1.54) is 13.2 Å². The van der Waals surface area contributed by atoms with E-state index in [-0.39, 0.29) is 17.5 Å². The highest BCUT2D eigenvalue weighted by Gasteiger charge is 2.20. The Bertz CT molecular complexity index is 841. The Labute approximate surface area is 144 Å². The fourth-order valence-corrected chi connectivity index (χ4v) is 4.20. The minimum atomic E-state index is -3.64. The van der Waals surface area contributed by atoms with Gasteiger partial charge in [0.2, 0.25) is 10.0 Å². The van der Waals surface area contributed by atoms with Crippen LogP contribution in [0.2, 0.25) is 0 Å². The summed E-state index contributed by atoms with van der Waals surface area (Å²) in [6, 6.07) is 11.9. The van der Waals surface area contributed by atoms with Crippen LogP contribution in [0.25, 0.3) is 0 Å². The van der Waals surface area contributed by atoms with Crippen molar-refractivity contribution in [3.8, 4) is 5.75 Å². The van der Waals surface area contributed by atoms with Gasteiger partial charge in [0.15, 0.2) is 0 Å². The lowest BCUT2D eigenvalue weighted by molar-refractivity contribution is 0.413. The third-order valence-electron chi connectivity index (χ3n) is 3.53. The molecule has 126 valence electrons. The first-order valence-corrected chi connectivity index (χ1v) is 9.63. The summed E-state index contributed by atoms with van der Waals surface area (Å²) >= 11 is 1.57. The highest BCUT2D eigenvalue weighted by atomic mass is 32.2. The first kappa shape index (κ1) is 16.7. The topological polar surface area (TPSA) is 73.2 Å². The molecule has 1 aromatic carbocycles. The first-order chi connectivity index (χ1) is 11.6. The number of hydrogen-bond acceptors (Lipinski definition) is 5. The highest BCUT2D eigenvalue weighted by Crippen LogP contribution is 2.23. The Hall–Kier alpha value is -2.16. The van der Waals surface area contributed by atoms with Crippen LogP contribution in [0, 0.1) is 0 Å². The van der Waals surface area contributed by atoms with Crippen molar-refractivity contribution in [1.29, 1.82) is 0 Å². The molecule has 2 heterocycles. The summed E-state index contributed by atoms with van der Waals surface area (Å²) in [5.41, 5.74) is 0. The number of nitrogens with zero attached hydrogens (tertiary/aromatic N) is 2. The zero-order valence-electron chi connectivity index (χ0n) is 13.0. The van der Waals surface area contributed by atoms with Crippen molar-refractivity contribution in [2.24, 2.45) is 0 Å². The lowest BCUT2D eigenvalue weighted by Gasteiger charge is -2.17. The minimum absolute atomic E-state index is 0.173. The zero-order chi connectivity index (χ0) is 17.0. The van der Waals surface area contributed by atoms with Crippen LogP contribution < -0.4 is 9.46 Å². The number of hydrogen-bond donors (Lipinski definition) is 1. The van der Waals surface area contributed by atoms with Crippen LogP contribution in [0.15, 0.2) is 65.1 Å². The molecule has 0 radical (unpaired) electrons. The van der Waals surface area contributed by atoms with Gasteiger partial charge in [0.25, 0.3) is 0 Å². The molecule has 0 amide bonds. The van der Waals surface area contributed by atoms with Crippen molar-refractivity contribution in [2.45, 2.75) is 10.9 Å². The summed E-state index contributed by atoms with van der Waals surface area (Å²) < 4.78 is 34.6. The fraction of sp³-hybridized carbons (Fsp3) is 0.188. The van der Waals surface area contributed by atoms with E-state index in [1.54, 1.807) is 40.4 Å². The Balaban J connectivity index is 1.81. The molecule has 0 aliphatic carbocycles. The van der Waals surface area contributed by atoms with E-state index < -0.39 is 10.0 Å². The van der Waals surface area contributed by atoms with Gasteiger partial charge in [0, 0.05) is 29.9 Å². The van der Waals surface area contributed by atoms with Gasteiger partial charge in [-0.15, -0.1) is 11.3 Å². The van der Waals surface area contributed by atoms with Crippen molar-refractivity contribution in [2.75, 3.05) is 13.7 Å². The summed E-state index contributed by atoms with van der Waals surface area (Å²) in [6.07, 6.45) is 3.50. The highest BCUT2D eigenvalue weighted by molar-refractivity contribution is 7.89. The predicted molar refractivity (Wildman–Crippen MR) is 92.9 cm³/mol. The molecule has 3 aromatic rings. The largest absolute Gasteiger partial charge is 0.497 e. The smallest absolute Gasteiger partial charge is 0.240 e. The van der Waals surface area contributed by atoms with Crippen LogP contribution >= 0.6 is 11.3 Å². The summed E-state index contributed by atoms with van der Waals surface area (Å²) in [4.78, 5) is 1.21. The quantitative estimate of drug-likeness (QED) is 0.700. The standard InChI is InChI=1S/C16H17N3O3S2/c1-22-13-5-2-6-14(11-13)24(20,21)18-12-15(16-7-3-10-23-16)19-9-4-8-17-19/h2-11,15,18H,12H2,1H3. The molecule has 0 saturated carbocycles. The number of nitrogens with one attached hydrogen (secondary N) is 1. The number of methoxy groups -OCH3 is 1. The SMILES string of the molecule is COc1cccc(S(=O)(=O)NCC(c2cccs2)n2cccn2)c1. The number of benzene rings is 1. The second-order valence-corrected chi connectivity index (χ2v) is 7.79. The Kier molecular flexibility index (Phi) is 4.98. The molecule has 8 heteroatoms. The number of ether oxygens (including phenoxy) is 1. The summed E-state index contributed by atoms with van der Waals surface area (Å²) in [6.45, 7) is 0.210. The van der Waals surface area contributed by atoms with Gasteiger partial charge in [-0.2, -0.15) is 5.10 Å². The summed E-state index contributed by atoms with van der Waals surface area (Å²) in [5.74, 6) is 0.500. The van der Waals surface area contributed by atoms with Gasteiger partial charge in [0.1, 0.15) is 5.75 Å². The maximum Gasteiger partial charge on any atom is 0.240 e. The van der Waals surface area contributed by atoms with E-state index in [9.17, 15) is 8.42 Å². The molecular weight excluding hydrogens is 346 g/mol. The summed E-state index contributed by atoms with van der Waals surface area (Å²) in [5, 5.41) is 6.20. The summed E-state index contributed by atoms with van der Waals surface area (Å²) in [7, 11) is -2.13. The molecule has 2 aromatic heterocycles. The Morgan fingerprint density at radius 3 is 2.83 bits per heavy atom. The van der Waals surface area contributed by atoms with Gasteiger partial charge < -0.3 is 4.74 Å². The van der Waals surface area contributed by atoms with E-state index in [4.69, 9.17) is 4.74 Å². The van der Waals surface area contributed by atoms with Gasteiger partial charge in [0.05, 0.1) is 18.0 Å². The zero-order valence-corrected chi connectivity index (χ0v) is 14.6. The normalized spacial score (nSPS) is 12.9. The van der Waals surface area contributed by atoms with Crippen molar-refractivity contribution in [3.63, 3.8) is 0 Å². The average Bonchev–Trinajstić information content (AvgIpc) is 3.29. The van der Waals surface area contributed by atoms with Crippen LogP contribution in [0.3, 0.4) is 0 Å². The van der Waals surface area contributed by atoms with Crippen molar-refractivity contribution < 1.29 is 13.2 Å². The monoisotopic (exact) mass is 363 g/mol. The molecule has 0 aliphatic heterocycles. The minimum Gasteiger partial charge on any atom is -0.497 e. The van der Waals surface area contributed by atoms with E-state index in [2.05, 4.69) is 9.82 Å². The molecule has 1 unspecified atom stereocenters. The maximum atomic E-state index is 12.6. The van der Waals surface area contributed by atoms with E-state index in [1.807, 2.05) is 29.8 Å². The van der Waals surface area contributed by atoms with Crippen molar-refractivity contribution in [1.82, 2.24) is 14.5 Å². The lowest BCUT2D eigenvalue weighted by atomic mass is 10.2. The molecule has 0 saturated heterocycles. The van der Waals surface area contributed by atoms with Crippen LogP contribution in [-0.4, -0.2) is 31.9 Å². The van der Waals surface area contributed by atoms with Gasteiger partial charge in [-0.3, -0.25) is 4.68 Å². The predicted octanol–water partition coefficient (Wildman–Crippen LogP) is 2.52. The molecular formula is C16H17N3O3S2. The van der Waals surface area contributed by atoms with Crippen LogP contribution in [0.1, 0.15) is 10.9 Å². The first-order valence-electron chi connectivity index (χ1n) is 7.26. The van der Waals surface area contributed by atoms with Crippen LogP contribution in [0.5, 0.6) is 5.75 Å². The van der Waals surface area contributed by atoms with E-state index in [0.29, 0.717) is 5.75 Å². The van der Waals surface area contributed by atoms with Crippen molar-refractivity contribution >= 4 is 21.4 Å². The molecule has 0 aliphatic rings. The molecule has 0 spiro atoms. The lowest BCUT2D eigenvalue weighted by Crippen LogP contribution is -2.31.